The van der Waals surface area contributed by atoms with E-state index in [1.54, 1.807) is 0 Å². The average molecular weight is 439 g/mol. The fraction of sp³-hybridized carbons (Fsp3) is 0.0455. The van der Waals surface area contributed by atoms with Crippen molar-refractivity contribution in [3.8, 4) is 0 Å². The molecule has 0 aliphatic rings. The summed E-state index contributed by atoms with van der Waals surface area (Å²) in [6, 6.07) is 32.9. The summed E-state index contributed by atoms with van der Waals surface area (Å²) in [6.45, 7) is 4.60. The number of aliphatic carboxylic acids is 1. The third-order valence-electron chi connectivity index (χ3n) is 3.41. The summed E-state index contributed by atoms with van der Waals surface area (Å²) >= 11 is -1.83. The van der Waals surface area contributed by atoms with E-state index in [1.807, 2.05) is 0 Å². The normalized spacial score (nSPS) is 9.84. The maximum atomic E-state index is 9.60. The third-order valence-corrected chi connectivity index (χ3v) is 10.4. The van der Waals surface area contributed by atoms with E-state index >= 15 is 0 Å². The molecule has 0 aliphatic carbocycles. The Morgan fingerprint density at radius 3 is 1.16 bits per heavy atom. The second-order valence-corrected chi connectivity index (χ2v) is 11.8. The van der Waals surface area contributed by atoms with Gasteiger partial charge in [-0.2, -0.15) is 0 Å². The Kier molecular flexibility index (Phi) is 7.50. The third kappa shape index (κ3) is 5.92. The molecule has 3 heteroatoms. The summed E-state index contributed by atoms with van der Waals surface area (Å²) in [5.41, 5.74) is 0.176. The van der Waals surface area contributed by atoms with Gasteiger partial charge < -0.3 is 5.11 Å². The summed E-state index contributed by atoms with van der Waals surface area (Å²) in [6.07, 6.45) is 0. The van der Waals surface area contributed by atoms with Crippen LogP contribution < -0.4 is 10.5 Å². The van der Waals surface area contributed by atoms with Gasteiger partial charge in [-0.15, -0.1) is 0 Å². The standard InChI is InChI=1S/3C6H5.C4H6O2.Sb/c3*1-2-4-6-5-3-1;1-3(2)4(5)6;/h3*1-5H;1H2,2H3,(H,5,6);. The van der Waals surface area contributed by atoms with Crippen LogP contribution in [0.15, 0.2) is 103 Å². The number of carboxylic acid groups (broad SMARTS) is 1. The van der Waals surface area contributed by atoms with Gasteiger partial charge >= 0.3 is 128 Å². The zero-order valence-electron chi connectivity index (χ0n) is 14.2. The molecule has 0 fully saturated rings. The monoisotopic (exact) mass is 438 g/mol. The Morgan fingerprint density at radius 2 is 0.960 bits per heavy atom. The Balaban J connectivity index is 0.000000326. The van der Waals surface area contributed by atoms with E-state index < -0.39 is 26.2 Å². The summed E-state index contributed by atoms with van der Waals surface area (Å²) in [4.78, 5) is 9.60. The van der Waals surface area contributed by atoms with E-state index in [0.29, 0.717) is 0 Å². The number of hydrogen-bond acceptors (Lipinski definition) is 1. The van der Waals surface area contributed by atoms with E-state index in [-0.39, 0.29) is 5.57 Å². The number of rotatable bonds is 4. The first-order valence-corrected chi connectivity index (χ1v) is 11.8. The maximum absolute atomic E-state index is 9.60. The quantitative estimate of drug-likeness (QED) is 0.502. The minimum atomic E-state index is -1.83. The van der Waals surface area contributed by atoms with Gasteiger partial charge in [-0.25, -0.2) is 4.79 Å². The van der Waals surface area contributed by atoms with E-state index in [4.69, 9.17) is 5.11 Å². The molecule has 3 aromatic rings. The van der Waals surface area contributed by atoms with Gasteiger partial charge in [0.25, 0.3) is 0 Å². The molecule has 0 saturated carbocycles. The van der Waals surface area contributed by atoms with Crippen LogP contribution in [0.3, 0.4) is 0 Å². The molecule has 0 saturated heterocycles. The van der Waals surface area contributed by atoms with Gasteiger partial charge in [-0.05, 0) is 6.92 Å². The average Bonchev–Trinajstić information content (AvgIpc) is 2.65. The van der Waals surface area contributed by atoms with Crippen LogP contribution in [0.5, 0.6) is 0 Å². The van der Waals surface area contributed by atoms with Crippen LogP contribution in [0.4, 0.5) is 0 Å². The first-order chi connectivity index (χ1) is 12.1. The predicted molar refractivity (Wildman–Crippen MR) is 106 cm³/mol. The molecule has 2 nitrogen and oxygen atoms in total. The van der Waals surface area contributed by atoms with Crippen molar-refractivity contribution in [3.05, 3.63) is 103 Å². The van der Waals surface area contributed by atoms with Gasteiger partial charge in [-0.3, -0.25) is 0 Å². The number of carbonyl (C=O) groups is 1. The molecule has 0 radical (unpaired) electrons. The first kappa shape index (κ1) is 19.0. The summed E-state index contributed by atoms with van der Waals surface area (Å²) in [7, 11) is 0. The predicted octanol–water partition coefficient (Wildman–Crippen LogP) is 2.85. The molecule has 0 spiro atoms. The molecule has 25 heavy (non-hydrogen) atoms. The molecule has 1 N–H and O–H groups in total. The minimum absolute atomic E-state index is 0.176. The number of carboxylic acids is 1. The summed E-state index contributed by atoms with van der Waals surface area (Å²) < 4.78 is 4.55. The Hall–Kier alpha value is -2.31. The van der Waals surface area contributed by atoms with Crippen molar-refractivity contribution >= 4 is 36.7 Å². The topological polar surface area (TPSA) is 37.3 Å². The number of hydrogen-bond donors (Lipinski definition) is 1. The zero-order valence-corrected chi connectivity index (χ0v) is 16.7. The van der Waals surface area contributed by atoms with Gasteiger partial charge in [0, 0.05) is 5.57 Å². The van der Waals surface area contributed by atoms with Crippen molar-refractivity contribution in [1.82, 2.24) is 0 Å². The van der Waals surface area contributed by atoms with E-state index in [0.717, 1.165) is 0 Å². The van der Waals surface area contributed by atoms with Gasteiger partial charge in [0.2, 0.25) is 0 Å². The van der Waals surface area contributed by atoms with Crippen molar-refractivity contribution in [3.63, 3.8) is 0 Å². The number of benzene rings is 3. The molecule has 3 aromatic carbocycles. The molecular weight excluding hydrogens is 418 g/mol. The molecule has 0 aliphatic heterocycles. The van der Waals surface area contributed by atoms with Crippen LogP contribution in [0.25, 0.3) is 0 Å². The zero-order chi connectivity index (χ0) is 18.1. The molecule has 0 atom stereocenters. The van der Waals surface area contributed by atoms with Crippen LogP contribution in [-0.2, 0) is 4.79 Å². The second kappa shape index (κ2) is 9.86. The van der Waals surface area contributed by atoms with Crippen molar-refractivity contribution in [2.75, 3.05) is 0 Å². The van der Waals surface area contributed by atoms with Gasteiger partial charge in [0.1, 0.15) is 0 Å². The van der Waals surface area contributed by atoms with Crippen molar-refractivity contribution in [1.29, 1.82) is 0 Å². The van der Waals surface area contributed by atoms with Crippen LogP contribution in [-0.4, -0.2) is 31.3 Å². The fourth-order valence-electron chi connectivity index (χ4n) is 2.18. The molecule has 3 rings (SSSR count). The molecule has 0 aromatic heterocycles. The van der Waals surface area contributed by atoms with Crippen molar-refractivity contribution in [2.24, 2.45) is 0 Å². The molecular formula is C22H21O2Sb. The van der Waals surface area contributed by atoms with E-state index in [1.165, 1.54) is 17.5 Å². The second-order valence-electron chi connectivity index (χ2n) is 5.43. The molecule has 0 heterocycles. The molecule has 0 bridgehead atoms. The van der Waals surface area contributed by atoms with Gasteiger partial charge in [-0.1, -0.05) is 6.58 Å². The van der Waals surface area contributed by atoms with Crippen molar-refractivity contribution in [2.45, 2.75) is 6.92 Å². The molecule has 0 amide bonds. The van der Waals surface area contributed by atoms with Crippen LogP contribution in [0.1, 0.15) is 6.92 Å². The van der Waals surface area contributed by atoms with Gasteiger partial charge in [0.05, 0.1) is 0 Å². The Labute approximate surface area is 156 Å². The summed E-state index contributed by atoms with van der Waals surface area (Å²) in [5, 5.41) is 7.89. The Morgan fingerprint density at radius 1 is 0.720 bits per heavy atom. The molecule has 126 valence electrons. The van der Waals surface area contributed by atoms with Crippen molar-refractivity contribution < 1.29 is 9.90 Å². The van der Waals surface area contributed by atoms with Crippen LogP contribution in [0, 0.1) is 0 Å². The SMILES string of the molecule is C=C(C)C(=O)O.c1cc[c]([Sb]([c]2ccccc2)[c]2ccccc2)cc1. The van der Waals surface area contributed by atoms with Crippen LogP contribution >= 0.6 is 0 Å². The van der Waals surface area contributed by atoms with Crippen LogP contribution in [0.2, 0.25) is 0 Å². The first-order valence-electron chi connectivity index (χ1n) is 7.93. The van der Waals surface area contributed by atoms with Gasteiger partial charge in [0.15, 0.2) is 0 Å². The Bertz CT molecular complexity index is 693. The van der Waals surface area contributed by atoms with E-state index in [2.05, 4.69) is 97.6 Å². The van der Waals surface area contributed by atoms with E-state index in [9.17, 15) is 4.79 Å². The fourth-order valence-corrected chi connectivity index (χ4v) is 8.76. The molecule has 0 unspecified atom stereocenters. The summed E-state index contributed by atoms with van der Waals surface area (Å²) in [5.74, 6) is -0.935.